The quantitative estimate of drug-likeness (QED) is 0.503. The Hall–Kier alpha value is -1.52. The molecule has 5 heteroatoms. The second-order valence-electron chi connectivity index (χ2n) is 1.90. The normalized spacial score (nSPS) is 10.5. The SMILES string of the molecule is Cc1nnc2nccnn12. The first kappa shape index (κ1) is 5.28. The molecule has 0 aliphatic rings. The van der Waals surface area contributed by atoms with Gasteiger partial charge in [-0.25, -0.2) is 4.98 Å². The van der Waals surface area contributed by atoms with Crippen LogP contribution in [-0.2, 0) is 0 Å². The predicted molar refractivity (Wildman–Crippen MR) is 33.3 cm³/mol. The maximum atomic E-state index is 3.97. The van der Waals surface area contributed by atoms with Gasteiger partial charge in [-0.15, -0.1) is 10.2 Å². The molecule has 0 bridgehead atoms. The third-order valence-electron chi connectivity index (χ3n) is 1.22. The van der Waals surface area contributed by atoms with Gasteiger partial charge in [0, 0.05) is 0 Å². The van der Waals surface area contributed by atoms with Gasteiger partial charge in [0.2, 0.25) is 0 Å². The molecule has 0 amide bonds. The van der Waals surface area contributed by atoms with E-state index in [1.54, 1.807) is 16.9 Å². The van der Waals surface area contributed by atoms with Crippen molar-refractivity contribution in [3.05, 3.63) is 18.2 Å². The Morgan fingerprint density at radius 2 is 2.20 bits per heavy atom. The maximum absolute atomic E-state index is 3.97. The summed E-state index contributed by atoms with van der Waals surface area (Å²) in [6, 6.07) is 0. The fourth-order valence-electron chi connectivity index (χ4n) is 0.759. The molecule has 0 unspecified atom stereocenters. The van der Waals surface area contributed by atoms with Crippen LogP contribution in [0.4, 0.5) is 0 Å². The zero-order valence-corrected chi connectivity index (χ0v) is 5.39. The zero-order valence-electron chi connectivity index (χ0n) is 5.39. The van der Waals surface area contributed by atoms with E-state index in [0.717, 1.165) is 5.82 Å². The first-order valence-corrected chi connectivity index (χ1v) is 2.87. The maximum Gasteiger partial charge on any atom is 0.271 e. The third kappa shape index (κ3) is 0.570. The van der Waals surface area contributed by atoms with E-state index in [4.69, 9.17) is 0 Å². The van der Waals surface area contributed by atoms with E-state index in [2.05, 4.69) is 20.3 Å². The Bertz CT molecular complexity index is 352. The predicted octanol–water partition coefficient (Wildman–Crippen LogP) is -0.172. The summed E-state index contributed by atoms with van der Waals surface area (Å²) in [6.45, 7) is 1.83. The molecule has 50 valence electrons. The second kappa shape index (κ2) is 1.73. The highest BCUT2D eigenvalue weighted by Crippen LogP contribution is 1.92. The molecule has 2 aromatic rings. The van der Waals surface area contributed by atoms with Crippen LogP contribution in [0, 0.1) is 6.92 Å². The first-order valence-electron chi connectivity index (χ1n) is 2.87. The number of aromatic nitrogens is 5. The van der Waals surface area contributed by atoms with E-state index in [0.29, 0.717) is 5.78 Å². The Balaban J connectivity index is 2.93. The van der Waals surface area contributed by atoms with E-state index in [9.17, 15) is 0 Å². The smallest absolute Gasteiger partial charge is 0.217 e. The molecular weight excluding hydrogens is 130 g/mol. The molecule has 0 saturated carbocycles. The summed E-state index contributed by atoms with van der Waals surface area (Å²) >= 11 is 0. The van der Waals surface area contributed by atoms with Crippen molar-refractivity contribution in [1.82, 2.24) is 24.8 Å². The molecule has 0 aliphatic carbocycles. The van der Waals surface area contributed by atoms with Crippen LogP contribution < -0.4 is 0 Å². The molecule has 0 atom stereocenters. The molecule has 5 nitrogen and oxygen atoms in total. The molecule has 0 spiro atoms. The van der Waals surface area contributed by atoms with Crippen molar-refractivity contribution in [1.29, 1.82) is 0 Å². The Morgan fingerprint density at radius 1 is 1.30 bits per heavy atom. The minimum atomic E-state index is 0.542. The van der Waals surface area contributed by atoms with E-state index in [-0.39, 0.29) is 0 Å². The van der Waals surface area contributed by atoms with Crippen LogP contribution in [0.2, 0.25) is 0 Å². The van der Waals surface area contributed by atoms with Crippen LogP contribution in [0.1, 0.15) is 5.82 Å². The van der Waals surface area contributed by atoms with Crippen molar-refractivity contribution in [3.8, 4) is 0 Å². The van der Waals surface area contributed by atoms with Crippen molar-refractivity contribution < 1.29 is 0 Å². The van der Waals surface area contributed by atoms with Gasteiger partial charge < -0.3 is 0 Å². The van der Waals surface area contributed by atoms with E-state index in [1.165, 1.54) is 0 Å². The third-order valence-corrected chi connectivity index (χ3v) is 1.22. The molecule has 2 rings (SSSR count). The summed E-state index contributed by atoms with van der Waals surface area (Å²) in [5, 5.41) is 11.5. The molecule has 0 radical (unpaired) electrons. The van der Waals surface area contributed by atoms with Gasteiger partial charge in [0.05, 0.1) is 12.4 Å². The summed E-state index contributed by atoms with van der Waals surface area (Å²) in [5.41, 5.74) is 0. The number of hydrogen-bond acceptors (Lipinski definition) is 4. The standard InChI is InChI=1S/C5H5N5/c1-4-8-9-5-6-2-3-7-10(4)5/h2-3H,1H3. The lowest BCUT2D eigenvalue weighted by Crippen LogP contribution is -1.93. The number of fused-ring (bicyclic) bond motifs is 1. The summed E-state index contributed by atoms with van der Waals surface area (Å²) in [4.78, 5) is 3.93. The molecule has 0 aromatic carbocycles. The van der Waals surface area contributed by atoms with Gasteiger partial charge in [0.25, 0.3) is 5.78 Å². The van der Waals surface area contributed by atoms with Crippen molar-refractivity contribution >= 4 is 5.78 Å². The van der Waals surface area contributed by atoms with Crippen LogP contribution in [0.25, 0.3) is 5.78 Å². The average Bonchev–Trinajstić information content (AvgIpc) is 2.34. The molecule has 0 fully saturated rings. The number of nitrogens with zero attached hydrogens (tertiary/aromatic N) is 5. The number of rotatable bonds is 0. The number of aryl methyl sites for hydroxylation is 1. The summed E-state index contributed by atoms with van der Waals surface area (Å²) < 4.78 is 1.58. The van der Waals surface area contributed by atoms with Crippen LogP contribution in [0.5, 0.6) is 0 Å². The van der Waals surface area contributed by atoms with Crippen LogP contribution in [-0.4, -0.2) is 24.8 Å². The lowest BCUT2D eigenvalue weighted by molar-refractivity contribution is 0.857. The van der Waals surface area contributed by atoms with Gasteiger partial charge >= 0.3 is 0 Å². The fourth-order valence-corrected chi connectivity index (χ4v) is 0.759. The highest BCUT2D eigenvalue weighted by Gasteiger charge is 1.98. The first-order chi connectivity index (χ1) is 4.88. The number of hydrogen-bond donors (Lipinski definition) is 0. The molecule has 0 saturated heterocycles. The van der Waals surface area contributed by atoms with E-state index in [1.807, 2.05) is 6.92 Å². The summed E-state index contributed by atoms with van der Waals surface area (Å²) in [6.07, 6.45) is 3.19. The molecule has 2 aromatic heterocycles. The highest BCUT2D eigenvalue weighted by molar-refractivity contribution is 5.22. The van der Waals surface area contributed by atoms with Crippen molar-refractivity contribution in [3.63, 3.8) is 0 Å². The Morgan fingerprint density at radius 3 is 3.00 bits per heavy atom. The second-order valence-corrected chi connectivity index (χ2v) is 1.90. The molecule has 10 heavy (non-hydrogen) atoms. The fraction of sp³-hybridized carbons (Fsp3) is 0.200. The van der Waals surface area contributed by atoms with Crippen molar-refractivity contribution in [2.75, 3.05) is 0 Å². The lowest BCUT2D eigenvalue weighted by Gasteiger charge is -1.86. The average molecular weight is 135 g/mol. The van der Waals surface area contributed by atoms with Crippen molar-refractivity contribution in [2.45, 2.75) is 6.92 Å². The van der Waals surface area contributed by atoms with Gasteiger partial charge in [-0.2, -0.15) is 9.61 Å². The molecule has 2 heterocycles. The highest BCUT2D eigenvalue weighted by atomic mass is 15.4. The van der Waals surface area contributed by atoms with Crippen LogP contribution in [0.15, 0.2) is 12.4 Å². The minimum Gasteiger partial charge on any atom is -0.217 e. The van der Waals surface area contributed by atoms with Gasteiger partial charge in [-0.05, 0) is 6.92 Å². The Labute approximate surface area is 56.7 Å². The van der Waals surface area contributed by atoms with Crippen LogP contribution >= 0.6 is 0 Å². The minimum absolute atomic E-state index is 0.542. The van der Waals surface area contributed by atoms with Gasteiger partial charge in [-0.3, -0.25) is 0 Å². The van der Waals surface area contributed by atoms with Gasteiger partial charge in [-0.1, -0.05) is 0 Å². The molecule has 0 aliphatic heterocycles. The topological polar surface area (TPSA) is 56.0 Å². The summed E-state index contributed by atoms with van der Waals surface area (Å²) in [5.74, 6) is 1.29. The lowest BCUT2D eigenvalue weighted by atomic mass is 10.7. The van der Waals surface area contributed by atoms with Gasteiger partial charge in [0.15, 0.2) is 5.82 Å². The van der Waals surface area contributed by atoms with E-state index < -0.39 is 0 Å². The van der Waals surface area contributed by atoms with Crippen LogP contribution in [0.3, 0.4) is 0 Å². The molecular formula is C5H5N5. The van der Waals surface area contributed by atoms with Gasteiger partial charge in [0.1, 0.15) is 0 Å². The summed E-state index contributed by atoms with van der Waals surface area (Å²) in [7, 11) is 0. The monoisotopic (exact) mass is 135 g/mol. The van der Waals surface area contributed by atoms with Crippen molar-refractivity contribution in [2.24, 2.45) is 0 Å². The largest absolute Gasteiger partial charge is 0.271 e. The van der Waals surface area contributed by atoms with E-state index >= 15 is 0 Å². The molecule has 0 N–H and O–H groups in total. The Kier molecular flexibility index (Phi) is 0.913. The zero-order chi connectivity index (χ0) is 6.97.